The molecule has 0 heterocycles. The molecule has 1 N–H and O–H groups in total. The highest BCUT2D eigenvalue weighted by molar-refractivity contribution is 5.36. The van der Waals surface area contributed by atoms with Crippen molar-refractivity contribution in [3.63, 3.8) is 0 Å². The normalized spacial score (nSPS) is 10.5. The molecular weight excluding hydrogens is 250 g/mol. The van der Waals surface area contributed by atoms with Gasteiger partial charge in [0.2, 0.25) is 0 Å². The summed E-state index contributed by atoms with van der Waals surface area (Å²) in [6, 6.07) is 11.8. The number of aliphatic hydroxyl groups is 1. The maximum Gasteiger partial charge on any atom is 0.165 e. The molecule has 0 saturated carbocycles. The monoisotopic (exact) mass is 264 g/mol. The smallest absolute Gasteiger partial charge is 0.165 e. The Labute approximate surface area is 110 Å². The third-order valence-corrected chi connectivity index (χ3v) is 2.75. The second-order valence-electron chi connectivity index (χ2n) is 4.09. The number of hydrogen-bond donors (Lipinski definition) is 1. The van der Waals surface area contributed by atoms with E-state index < -0.39 is 11.6 Å². The minimum absolute atomic E-state index is 0.0215. The van der Waals surface area contributed by atoms with Crippen LogP contribution in [0.5, 0.6) is 5.75 Å². The maximum atomic E-state index is 13.6. The minimum atomic E-state index is -0.959. The van der Waals surface area contributed by atoms with Gasteiger partial charge in [-0.1, -0.05) is 30.3 Å². The molecule has 0 aliphatic heterocycles. The van der Waals surface area contributed by atoms with E-state index in [0.29, 0.717) is 0 Å². The van der Waals surface area contributed by atoms with Crippen LogP contribution in [0, 0.1) is 11.6 Å². The predicted molar refractivity (Wildman–Crippen MR) is 67.9 cm³/mol. The van der Waals surface area contributed by atoms with Crippen molar-refractivity contribution in [3.8, 4) is 5.75 Å². The summed E-state index contributed by atoms with van der Waals surface area (Å²) >= 11 is 0. The first-order chi connectivity index (χ1) is 9.22. The first-order valence-electron chi connectivity index (χ1n) is 5.97. The Hall–Kier alpha value is -1.94. The number of hydrogen-bond acceptors (Lipinski definition) is 2. The van der Waals surface area contributed by atoms with E-state index in [9.17, 15) is 8.78 Å². The lowest BCUT2D eigenvalue weighted by molar-refractivity contribution is 0.278. The second kappa shape index (κ2) is 6.29. The van der Waals surface area contributed by atoms with E-state index in [4.69, 9.17) is 9.84 Å². The number of rotatable bonds is 5. The van der Waals surface area contributed by atoms with Crippen molar-refractivity contribution in [3.05, 3.63) is 65.2 Å². The van der Waals surface area contributed by atoms with Gasteiger partial charge in [0.25, 0.3) is 0 Å². The summed E-state index contributed by atoms with van der Waals surface area (Å²) in [5, 5.41) is 8.90. The molecular formula is C15H14F2O2. The van der Waals surface area contributed by atoms with Crippen LogP contribution in [-0.4, -0.2) is 11.7 Å². The Kier molecular flexibility index (Phi) is 4.47. The third kappa shape index (κ3) is 3.29. The van der Waals surface area contributed by atoms with Gasteiger partial charge in [0.05, 0.1) is 0 Å². The van der Waals surface area contributed by atoms with Crippen molar-refractivity contribution < 1.29 is 18.6 Å². The molecule has 0 atom stereocenters. The zero-order valence-electron chi connectivity index (χ0n) is 10.3. The van der Waals surface area contributed by atoms with Crippen LogP contribution in [0.1, 0.15) is 11.1 Å². The summed E-state index contributed by atoms with van der Waals surface area (Å²) in [6.07, 6.45) is 0.0215. The highest BCUT2D eigenvalue weighted by Crippen LogP contribution is 2.25. The number of halogens is 2. The summed E-state index contributed by atoms with van der Waals surface area (Å²) in [5.41, 5.74) is 1.00. The molecule has 0 aromatic heterocycles. The lowest BCUT2D eigenvalue weighted by Crippen LogP contribution is -2.04. The molecule has 0 aliphatic carbocycles. The topological polar surface area (TPSA) is 29.5 Å². The lowest BCUT2D eigenvalue weighted by Gasteiger charge is -2.12. The molecule has 19 heavy (non-hydrogen) atoms. The average molecular weight is 264 g/mol. The second-order valence-corrected chi connectivity index (χ2v) is 4.09. The van der Waals surface area contributed by atoms with Crippen molar-refractivity contribution >= 4 is 0 Å². The summed E-state index contributed by atoms with van der Waals surface area (Å²) in [5.74, 6) is -1.63. The van der Waals surface area contributed by atoms with E-state index in [0.717, 1.165) is 11.6 Å². The van der Waals surface area contributed by atoms with Gasteiger partial charge in [-0.15, -0.1) is 0 Å². The molecule has 0 aliphatic rings. The van der Waals surface area contributed by atoms with Crippen LogP contribution in [0.3, 0.4) is 0 Å². The summed E-state index contributed by atoms with van der Waals surface area (Å²) < 4.78 is 32.2. The Morgan fingerprint density at radius 2 is 1.74 bits per heavy atom. The SMILES string of the molecule is OCCc1c(OCc2ccccc2)ccc(F)c1F. The van der Waals surface area contributed by atoms with E-state index in [1.165, 1.54) is 6.07 Å². The van der Waals surface area contributed by atoms with Gasteiger partial charge in [0.1, 0.15) is 12.4 Å². The van der Waals surface area contributed by atoms with Crippen LogP contribution in [-0.2, 0) is 13.0 Å². The molecule has 2 rings (SSSR count). The van der Waals surface area contributed by atoms with Crippen molar-refractivity contribution in [2.75, 3.05) is 6.61 Å². The quantitative estimate of drug-likeness (QED) is 0.899. The Morgan fingerprint density at radius 3 is 2.42 bits per heavy atom. The molecule has 0 saturated heterocycles. The highest BCUT2D eigenvalue weighted by atomic mass is 19.2. The van der Waals surface area contributed by atoms with Crippen LogP contribution in [0.4, 0.5) is 8.78 Å². The molecule has 0 amide bonds. The van der Waals surface area contributed by atoms with Gasteiger partial charge in [0.15, 0.2) is 11.6 Å². The van der Waals surface area contributed by atoms with Gasteiger partial charge in [-0.25, -0.2) is 8.78 Å². The molecule has 0 unspecified atom stereocenters. The van der Waals surface area contributed by atoms with E-state index in [2.05, 4.69) is 0 Å². The third-order valence-electron chi connectivity index (χ3n) is 2.75. The molecule has 2 aromatic carbocycles. The van der Waals surface area contributed by atoms with Crippen molar-refractivity contribution in [2.45, 2.75) is 13.0 Å². The van der Waals surface area contributed by atoms with Crippen molar-refractivity contribution in [1.82, 2.24) is 0 Å². The van der Waals surface area contributed by atoms with E-state index >= 15 is 0 Å². The molecule has 0 spiro atoms. The molecule has 2 aromatic rings. The van der Waals surface area contributed by atoms with Gasteiger partial charge in [-0.3, -0.25) is 0 Å². The van der Waals surface area contributed by atoms with Gasteiger partial charge in [-0.2, -0.15) is 0 Å². The first-order valence-corrected chi connectivity index (χ1v) is 5.97. The molecule has 4 heteroatoms. The van der Waals surface area contributed by atoms with Crippen molar-refractivity contribution in [1.29, 1.82) is 0 Å². The fourth-order valence-electron chi connectivity index (χ4n) is 1.79. The molecule has 0 fully saturated rings. The molecule has 100 valence electrons. The Bertz CT molecular complexity index is 541. The van der Waals surface area contributed by atoms with Crippen LogP contribution >= 0.6 is 0 Å². The van der Waals surface area contributed by atoms with Crippen LogP contribution in [0.15, 0.2) is 42.5 Å². The fraction of sp³-hybridized carbons (Fsp3) is 0.200. The van der Waals surface area contributed by atoms with Gasteiger partial charge in [0, 0.05) is 18.6 Å². The van der Waals surface area contributed by atoms with Crippen molar-refractivity contribution in [2.24, 2.45) is 0 Å². The summed E-state index contributed by atoms with van der Waals surface area (Å²) in [4.78, 5) is 0. The largest absolute Gasteiger partial charge is 0.489 e. The maximum absolute atomic E-state index is 13.6. The van der Waals surface area contributed by atoms with E-state index in [-0.39, 0.29) is 30.9 Å². The molecule has 0 radical (unpaired) electrons. The van der Waals surface area contributed by atoms with Crippen LogP contribution in [0.2, 0.25) is 0 Å². The number of ether oxygens (including phenoxy) is 1. The minimum Gasteiger partial charge on any atom is -0.489 e. The number of aliphatic hydroxyl groups excluding tert-OH is 1. The standard InChI is InChI=1S/C15H14F2O2/c16-13-6-7-14(12(8-9-18)15(13)17)19-10-11-4-2-1-3-5-11/h1-7,18H,8-10H2. The Balaban J connectivity index is 2.18. The average Bonchev–Trinajstić information content (AvgIpc) is 2.44. The van der Waals surface area contributed by atoms with Gasteiger partial charge < -0.3 is 9.84 Å². The predicted octanol–water partition coefficient (Wildman–Crippen LogP) is 3.08. The summed E-state index contributed by atoms with van der Waals surface area (Å²) in [7, 11) is 0. The van der Waals surface area contributed by atoms with E-state index in [1.807, 2.05) is 30.3 Å². The Morgan fingerprint density at radius 1 is 1.00 bits per heavy atom. The lowest BCUT2D eigenvalue weighted by atomic mass is 10.1. The zero-order chi connectivity index (χ0) is 13.7. The van der Waals surface area contributed by atoms with Gasteiger partial charge in [-0.05, 0) is 17.7 Å². The van der Waals surface area contributed by atoms with Crippen LogP contribution < -0.4 is 4.74 Å². The number of benzene rings is 2. The highest BCUT2D eigenvalue weighted by Gasteiger charge is 2.14. The van der Waals surface area contributed by atoms with E-state index in [1.54, 1.807) is 0 Å². The summed E-state index contributed by atoms with van der Waals surface area (Å²) in [6.45, 7) is 0.00636. The molecule has 0 bridgehead atoms. The molecule has 2 nitrogen and oxygen atoms in total. The van der Waals surface area contributed by atoms with Crippen LogP contribution in [0.25, 0.3) is 0 Å². The fourth-order valence-corrected chi connectivity index (χ4v) is 1.79. The zero-order valence-corrected chi connectivity index (χ0v) is 10.3. The van der Waals surface area contributed by atoms with Gasteiger partial charge >= 0.3 is 0 Å². The first kappa shape index (κ1) is 13.5.